The van der Waals surface area contributed by atoms with Crippen LogP contribution >= 0.6 is 0 Å². The third kappa shape index (κ3) is 4.49. The van der Waals surface area contributed by atoms with Gasteiger partial charge in [-0.05, 0) is 25.2 Å². The number of hydrogen-bond donors (Lipinski definition) is 2. The Labute approximate surface area is 97.4 Å². The van der Waals surface area contributed by atoms with Crippen molar-refractivity contribution < 1.29 is 14.6 Å². The fourth-order valence-electron chi connectivity index (χ4n) is 1.99. The number of aliphatic hydroxyl groups excluding tert-OH is 1. The summed E-state index contributed by atoms with van der Waals surface area (Å²) in [4.78, 5) is 11.7. The van der Waals surface area contributed by atoms with Crippen molar-refractivity contribution >= 4 is 5.91 Å². The van der Waals surface area contributed by atoms with Gasteiger partial charge in [0.1, 0.15) is 0 Å². The number of carbonyl (C=O) groups is 1. The topological polar surface area (TPSA) is 58.6 Å². The average molecular weight is 229 g/mol. The third-order valence-corrected chi connectivity index (χ3v) is 3.03. The zero-order valence-corrected chi connectivity index (χ0v) is 10.2. The van der Waals surface area contributed by atoms with E-state index in [4.69, 9.17) is 9.84 Å². The Balaban J connectivity index is 2.29. The van der Waals surface area contributed by atoms with E-state index in [0.717, 1.165) is 19.4 Å². The van der Waals surface area contributed by atoms with Gasteiger partial charge in [-0.25, -0.2) is 0 Å². The maximum absolute atomic E-state index is 11.7. The lowest BCUT2D eigenvalue weighted by Gasteiger charge is -2.22. The Kier molecular flexibility index (Phi) is 5.77. The second-order valence-electron chi connectivity index (χ2n) is 4.77. The smallest absolute Gasteiger partial charge is 0.222 e. The summed E-state index contributed by atoms with van der Waals surface area (Å²) in [5.41, 5.74) is 0. The maximum Gasteiger partial charge on any atom is 0.222 e. The summed E-state index contributed by atoms with van der Waals surface area (Å²) in [6, 6.07) is 0.0684. The SMILES string of the molecule is CC(C)C(CCO)NC(=O)CC1CCCO1. The van der Waals surface area contributed by atoms with Crippen LogP contribution in [0.25, 0.3) is 0 Å². The first kappa shape index (κ1) is 13.5. The van der Waals surface area contributed by atoms with Gasteiger partial charge in [-0.1, -0.05) is 13.8 Å². The average Bonchev–Trinajstić information content (AvgIpc) is 2.69. The molecule has 1 aliphatic rings. The van der Waals surface area contributed by atoms with Crippen LogP contribution in [0.5, 0.6) is 0 Å². The van der Waals surface area contributed by atoms with E-state index in [0.29, 0.717) is 18.8 Å². The molecule has 1 heterocycles. The van der Waals surface area contributed by atoms with Crippen LogP contribution in [-0.4, -0.2) is 36.4 Å². The fourth-order valence-corrected chi connectivity index (χ4v) is 1.99. The van der Waals surface area contributed by atoms with E-state index < -0.39 is 0 Å². The van der Waals surface area contributed by atoms with Crippen molar-refractivity contribution in [2.45, 2.75) is 51.7 Å². The molecule has 1 rings (SSSR count). The van der Waals surface area contributed by atoms with Crippen molar-refractivity contribution in [1.29, 1.82) is 0 Å². The molecule has 1 saturated heterocycles. The Morgan fingerprint density at radius 2 is 2.31 bits per heavy atom. The summed E-state index contributed by atoms with van der Waals surface area (Å²) in [6.07, 6.45) is 3.22. The monoisotopic (exact) mass is 229 g/mol. The first-order chi connectivity index (χ1) is 7.63. The summed E-state index contributed by atoms with van der Waals surface area (Å²) < 4.78 is 5.42. The molecule has 4 nitrogen and oxygen atoms in total. The van der Waals surface area contributed by atoms with Gasteiger partial charge in [0.2, 0.25) is 5.91 Å². The van der Waals surface area contributed by atoms with Crippen molar-refractivity contribution in [3.63, 3.8) is 0 Å². The van der Waals surface area contributed by atoms with E-state index >= 15 is 0 Å². The first-order valence-electron chi connectivity index (χ1n) is 6.15. The van der Waals surface area contributed by atoms with Crippen LogP contribution in [0.4, 0.5) is 0 Å². The van der Waals surface area contributed by atoms with Crippen molar-refractivity contribution in [2.24, 2.45) is 5.92 Å². The summed E-state index contributed by atoms with van der Waals surface area (Å²) >= 11 is 0. The molecule has 0 saturated carbocycles. The zero-order valence-electron chi connectivity index (χ0n) is 10.2. The van der Waals surface area contributed by atoms with Gasteiger partial charge in [0.15, 0.2) is 0 Å². The predicted molar refractivity (Wildman–Crippen MR) is 62.1 cm³/mol. The molecule has 0 bridgehead atoms. The predicted octanol–water partition coefficient (Wildman–Crippen LogP) is 1.08. The largest absolute Gasteiger partial charge is 0.396 e. The number of rotatable bonds is 6. The van der Waals surface area contributed by atoms with Crippen LogP contribution in [-0.2, 0) is 9.53 Å². The zero-order chi connectivity index (χ0) is 12.0. The summed E-state index contributed by atoms with van der Waals surface area (Å²) in [5, 5.41) is 11.9. The molecule has 0 aromatic rings. The van der Waals surface area contributed by atoms with Crippen LogP contribution < -0.4 is 5.32 Å². The molecule has 0 aromatic carbocycles. The lowest BCUT2D eigenvalue weighted by atomic mass is 10.0. The lowest BCUT2D eigenvalue weighted by molar-refractivity contribution is -0.124. The van der Waals surface area contributed by atoms with E-state index in [1.165, 1.54) is 0 Å². The van der Waals surface area contributed by atoms with Gasteiger partial charge in [0.25, 0.3) is 0 Å². The van der Waals surface area contributed by atoms with Crippen molar-refractivity contribution in [3.05, 3.63) is 0 Å². The summed E-state index contributed by atoms with van der Waals surface area (Å²) in [5.74, 6) is 0.389. The molecule has 2 atom stereocenters. The third-order valence-electron chi connectivity index (χ3n) is 3.03. The molecule has 0 aromatic heterocycles. The van der Waals surface area contributed by atoms with Crippen LogP contribution in [0, 0.1) is 5.92 Å². The molecule has 2 N–H and O–H groups in total. The van der Waals surface area contributed by atoms with Crippen LogP contribution in [0.1, 0.15) is 39.5 Å². The van der Waals surface area contributed by atoms with Gasteiger partial charge >= 0.3 is 0 Å². The van der Waals surface area contributed by atoms with Gasteiger partial charge < -0.3 is 15.2 Å². The molecule has 94 valence electrons. The second kappa shape index (κ2) is 6.86. The second-order valence-corrected chi connectivity index (χ2v) is 4.77. The van der Waals surface area contributed by atoms with E-state index in [9.17, 15) is 4.79 Å². The Morgan fingerprint density at radius 1 is 1.56 bits per heavy atom. The Hall–Kier alpha value is -0.610. The minimum Gasteiger partial charge on any atom is -0.396 e. The number of nitrogens with one attached hydrogen (secondary N) is 1. The van der Waals surface area contributed by atoms with Crippen molar-refractivity contribution in [1.82, 2.24) is 5.32 Å². The molecular formula is C12H23NO3. The van der Waals surface area contributed by atoms with Gasteiger partial charge in [0, 0.05) is 19.3 Å². The Morgan fingerprint density at radius 3 is 2.81 bits per heavy atom. The minimum atomic E-state index is 0.0408. The van der Waals surface area contributed by atoms with Gasteiger partial charge in [0.05, 0.1) is 12.5 Å². The molecule has 0 radical (unpaired) electrons. The maximum atomic E-state index is 11.7. The molecule has 1 fully saturated rings. The molecule has 1 aliphatic heterocycles. The number of amides is 1. The van der Waals surface area contributed by atoms with Gasteiger partial charge in [-0.15, -0.1) is 0 Å². The molecular weight excluding hydrogens is 206 g/mol. The molecule has 0 aliphatic carbocycles. The number of aliphatic hydroxyl groups is 1. The Bertz CT molecular complexity index is 212. The van der Waals surface area contributed by atoms with Gasteiger partial charge in [-0.2, -0.15) is 0 Å². The standard InChI is InChI=1S/C12H23NO3/c1-9(2)11(5-6-14)13-12(15)8-10-4-3-7-16-10/h9-11,14H,3-8H2,1-2H3,(H,13,15). The van der Waals surface area contributed by atoms with E-state index in [2.05, 4.69) is 5.32 Å². The number of carbonyl (C=O) groups excluding carboxylic acids is 1. The highest BCUT2D eigenvalue weighted by Crippen LogP contribution is 2.15. The van der Waals surface area contributed by atoms with Crippen molar-refractivity contribution in [2.75, 3.05) is 13.2 Å². The van der Waals surface area contributed by atoms with Crippen LogP contribution in [0.15, 0.2) is 0 Å². The lowest BCUT2D eigenvalue weighted by Crippen LogP contribution is -2.40. The summed E-state index contributed by atoms with van der Waals surface area (Å²) in [7, 11) is 0. The minimum absolute atomic E-state index is 0.0408. The van der Waals surface area contributed by atoms with E-state index in [1.54, 1.807) is 0 Å². The fraction of sp³-hybridized carbons (Fsp3) is 0.917. The quantitative estimate of drug-likeness (QED) is 0.716. The molecule has 0 spiro atoms. The van der Waals surface area contributed by atoms with Crippen molar-refractivity contribution in [3.8, 4) is 0 Å². The van der Waals surface area contributed by atoms with E-state index in [1.807, 2.05) is 13.8 Å². The van der Waals surface area contributed by atoms with Gasteiger partial charge in [-0.3, -0.25) is 4.79 Å². The molecule has 2 unspecified atom stereocenters. The highest BCUT2D eigenvalue weighted by atomic mass is 16.5. The number of ether oxygens (including phenoxy) is 1. The molecule has 4 heteroatoms. The summed E-state index contributed by atoms with van der Waals surface area (Å²) in [6.45, 7) is 4.99. The van der Waals surface area contributed by atoms with E-state index in [-0.39, 0.29) is 24.7 Å². The van der Waals surface area contributed by atoms with Crippen LogP contribution in [0.2, 0.25) is 0 Å². The normalized spacial score (nSPS) is 22.4. The molecule has 16 heavy (non-hydrogen) atoms. The molecule has 1 amide bonds. The highest BCUT2D eigenvalue weighted by molar-refractivity contribution is 5.76. The number of hydrogen-bond acceptors (Lipinski definition) is 3. The van der Waals surface area contributed by atoms with Crippen LogP contribution in [0.3, 0.4) is 0 Å². The highest BCUT2D eigenvalue weighted by Gasteiger charge is 2.21. The first-order valence-corrected chi connectivity index (χ1v) is 6.15.